The number of aromatic nitrogens is 5. The van der Waals surface area contributed by atoms with Crippen molar-refractivity contribution in [1.29, 1.82) is 0 Å². The predicted molar refractivity (Wildman–Crippen MR) is 129 cm³/mol. The third-order valence-electron chi connectivity index (χ3n) is 6.35. The Morgan fingerprint density at radius 1 is 1.06 bits per heavy atom. The van der Waals surface area contributed by atoms with Crippen molar-refractivity contribution in [1.82, 2.24) is 29.9 Å². The molecule has 34 heavy (non-hydrogen) atoms. The first-order valence-corrected chi connectivity index (χ1v) is 11.9. The number of ether oxygens (including phenoxy) is 2. The second-order valence-corrected chi connectivity index (χ2v) is 9.98. The van der Waals surface area contributed by atoms with Gasteiger partial charge in [-0.2, -0.15) is 0 Å². The monoisotopic (exact) mass is 463 g/mol. The Morgan fingerprint density at radius 2 is 1.85 bits per heavy atom. The highest BCUT2D eigenvalue weighted by Crippen LogP contribution is 2.26. The second kappa shape index (κ2) is 9.77. The molecule has 5 heterocycles. The average molecular weight is 464 g/mol. The van der Waals surface area contributed by atoms with Crippen molar-refractivity contribution in [2.75, 3.05) is 44.3 Å². The van der Waals surface area contributed by atoms with E-state index in [1.807, 2.05) is 30.7 Å². The lowest BCUT2D eigenvalue weighted by Crippen LogP contribution is -2.46. The molecule has 0 aliphatic carbocycles. The minimum atomic E-state index is -0.296. The van der Waals surface area contributed by atoms with Crippen LogP contribution in [0.2, 0.25) is 0 Å². The number of anilines is 1. The summed E-state index contributed by atoms with van der Waals surface area (Å²) in [6, 6.07) is 8.29. The lowest BCUT2D eigenvalue weighted by molar-refractivity contribution is -0.227. The first-order chi connectivity index (χ1) is 16.4. The van der Waals surface area contributed by atoms with Crippen LogP contribution in [0.5, 0.6) is 0 Å². The third kappa shape index (κ3) is 5.43. The molecule has 0 atom stereocenters. The molecule has 180 valence electrons. The molecule has 0 unspecified atom stereocenters. The maximum absolute atomic E-state index is 5.82. The van der Waals surface area contributed by atoms with Gasteiger partial charge in [-0.1, -0.05) is 25.1 Å². The van der Waals surface area contributed by atoms with Crippen molar-refractivity contribution in [2.45, 2.75) is 40.2 Å². The summed E-state index contributed by atoms with van der Waals surface area (Å²) in [5, 5.41) is 8.61. The van der Waals surface area contributed by atoms with Crippen LogP contribution in [0.1, 0.15) is 25.1 Å². The predicted octanol–water partition coefficient (Wildman–Crippen LogP) is 2.76. The van der Waals surface area contributed by atoms with Gasteiger partial charge in [-0.25, -0.2) is 4.68 Å². The quantitative estimate of drug-likeness (QED) is 0.552. The van der Waals surface area contributed by atoms with Crippen LogP contribution in [0.3, 0.4) is 0 Å². The highest BCUT2D eigenvalue weighted by molar-refractivity contribution is 5.61. The second-order valence-electron chi connectivity index (χ2n) is 9.98. The van der Waals surface area contributed by atoms with E-state index < -0.39 is 0 Å². The molecule has 5 rings (SSSR count). The zero-order valence-corrected chi connectivity index (χ0v) is 20.2. The normalized spacial score (nSPS) is 19.4. The van der Waals surface area contributed by atoms with Crippen LogP contribution < -0.4 is 4.90 Å². The summed E-state index contributed by atoms with van der Waals surface area (Å²) < 4.78 is 13.4. The van der Waals surface area contributed by atoms with Gasteiger partial charge in [-0.15, -0.1) is 5.10 Å². The molecule has 0 amide bonds. The molecule has 0 spiro atoms. The van der Waals surface area contributed by atoms with E-state index in [4.69, 9.17) is 14.5 Å². The SMILES string of the molecule is Cc1cc(N2CCN(Cc3ccccn3)CC2)cnc1-c1cn(CC2OCC(C)(C)CO2)nn1. The molecule has 9 nitrogen and oxygen atoms in total. The molecule has 0 radical (unpaired) electrons. The fourth-order valence-electron chi connectivity index (χ4n) is 4.37. The number of hydrogen-bond acceptors (Lipinski definition) is 8. The van der Waals surface area contributed by atoms with E-state index in [-0.39, 0.29) is 11.7 Å². The first kappa shape index (κ1) is 22.9. The van der Waals surface area contributed by atoms with Crippen LogP contribution in [0.15, 0.2) is 42.9 Å². The number of nitrogens with zero attached hydrogens (tertiary/aromatic N) is 7. The minimum Gasteiger partial charge on any atom is -0.368 e. The van der Waals surface area contributed by atoms with E-state index in [1.165, 1.54) is 0 Å². The summed E-state index contributed by atoms with van der Waals surface area (Å²) in [6.45, 7) is 13.1. The molecule has 3 aromatic rings. The van der Waals surface area contributed by atoms with Gasteiger partial charge in [0.1, 0.15) is 5.69 Å². The van der Waals surface area contributed by atoms with Gasteiger partial charge in [0.2, 0.25) is 0 Å². The first-order valence-electron chi connectivity index (χ1n) is 11.9. The van der Waals surface area contributed by atoms with Gasteiger partial charge < -0.3 is 14.4 Å². The van der Waals surface area contributed by atoms with Crippen LogP contribution in [-0.4, -0.2) is 75.5 Å². The van der Waals surface area contributed by atoms with Crippen LogP contribution in [-0.2, 0) is 22.6 Å². The molecule has 2 aliphatic heterocycles. The van der Waals surface area contributed by atoms with Crippen molar-refractivity contribution in [3.63, 3.8) is 0 Å². The summed E-state index contributed by atoms with van der Waals surface area (Å²) in [6.07, 6.45) is 5.43. The Morgan fingerprint density at radius 3 is 2.56 bits per heavy atom. The summed E-state index contributed by atoms with van der Waals surface area (Å²) in [5.41, 5.74) is 5.04. The summed E-state index contributed by atoms with van der Waals surface area (Å²) in [5.74, 6) is 0. The van der Waals surface area contributed by atoms with E-state index in [2.05, 4.69) is 58.0 Å². The molecule has 2 aliphatic rings. The zero-order chi connectivity index (χ0) is 23.5. The topological polar surface area (TPSA) is 81.4 Å². The number of piperazine rings is 1. The van der Waals surface area contributed by atoms with E-state index in [1.54, 1.807) is 4.68 Å². The Bertz CT molecular complexity index is 1080. The van der Waals surface area contributed by atoms with E-state index in [0.29, 0.717) is 19.8 Å². The van der Waals surface area contributed by atoms with Crippen molar-refractivity contribution >= 4 is 5.69 Å². The largest absolute Gasteiger partial charge is 0.368 e. The van der Waals surface area contributed by atoms with Crippen molar-refractivity contribution < 1.29 is 9.47 Å². The third-order valence-corrected chi connectivity index (χ3v) is 6.35. The molecule has 2 fully saturated rings. The number of aryl methyl sites for hydroxylation is 1. The standard InChI is InChI=1S/C25H33N7O2/c1-19-12-21(31-10-8-30(9-11-31)14-20-6-4-5-7-26-20)13-27-24(19)22-15-32(29-28-22)16-23-33-17-25(2,3)18-34-23/h4-7,12-13,15,23H,8-11,14,16-18H2,1-3H3. The van der Waals surface area contributed by atoms with Gasteiger partial charge in [-0.05, 0) is 30.7 Å². The Kier molecular flexibility index (Phi) is 6.58. The zero-order valence-electron chi connectivity index (χ0n) is 20.2. The number of pyridine rings is 2. The molecule has 2 saturated heterocycles. The summed E-state index contributed by atoms with van der Waals surface area (Å²) in [4.78, 5) is 14.0. The van der Waals surface area contributed by atoms with E-state index in [9.17, 15) is 0 Å². The van der Waals surface area contributed by atoms with Gasteiger partial charge in [-0.3, -0.25) is 14.9 Å². The van der Waals surface area contributed by atoms with E-state index >= 15 is 0 Å². The fourth-order valence-corrected chi connectivity index (χ4v) is 4.37. The lowest BCUT2D eigenvalue weighted by Gasteiger charge is -2.36. The molecular weight excluding hydrogens is 430 g/mol. The fraction of sp³-hybridized carbons (Fsp3) is 0.520. The molecule has 0 bridgehead atoms. The molecule has 0 aromatic carbocycles. The molecule has 0 N–H and O–H groups in total. The summed E-state index contributed by atoms with van der Waals surface area (Å²) >= 11 is 0. The van der Waals surface area contributed by atoms with Crippen LogP contribution >= 0.6 is 0 Å². The highest BCUT2D eigenvalue weighted by atomic mass is 16.7. The highest BCUT2D eigenvalue weighted by Gasteiger charge is 2.29. The van der Waals surface area contributed by atoms with Gasteiger partial charge in [0.05, 0.1) is 49.2 Å². The van der Waals surface area contributed by atoms with Crippen molar-refractivity contribution in [3.8, 4) is 11.4 Å². The minimum absolute atomic E-state index is 0.0541. The number of rotatable bonds is 6. The van der Waals surface area contributed by atoms with Gasteiger partial charge >= 0.3 is 0 Å². The Balaban J connectivity index is 1.18. The van der Waals surface area contributed by atoms with Crippen LogP contribution in [0.4, 0.5) is 5.69 Å². The smallest absolute Gasteiger partial charge is 0.177 e. The van der Waals surface area contributed by atoms with Gasteiger partial charge in [0.25, 0.3) is 0 Å². The van der Waals surface area contributed by atoms with Gasteiger partial charge in [0, 0.05) is 44.3 Å². The molecule has 3 aromatic heterocycles. The molecule has 0 saturated carbocycles. The maximum Gasteiger partial charge on any atom is 0.177 e. The Hall–Kier alpha value is -2.88. The maximum atomic E-state index is 5.82. The van der Waals surface area contributed by atoms with Crippen LogP contribution in [0.25, 0.3) is 11.4 Å². The number of hydrogen-bond donors (Lipinski definition) is 0. The Labute approximate surface area is 200 Å². The molecule has 9 heteroatoms. The summed E-state index contributed by atoms with van der Waals surface area (Å²) in [7, 11) is 0. The molecular formula is C25H33N7O2. The lowest BCUT2D eigenvalue weighted by atomic mass is 9.96. The van der Waals surface area contributed by atoms with Crippen molar-refractivity contribution in [3.05, 3.63) is 54.1 Å². The van der Waals surface area contributed by atoms with Crippen LogP contribution in [0, 0.1) is 12.3 Å². The van der Waals surface area contributed by atoms with E-state index in [0.717, 1.165) is 61.1 Å². The van der Waals surface area contributed by atoms with Crippen molar-refractivity contribution in [2.24, 2.45) is 5.41 Å². The average Bonchev–Trinajstić information content (AvgIpc) is 3.30. The van der Waals surface area contributed by atoms with Gasteiger partial charge in [0.15, 0.2) is 6.29 Å².